The number of aromatic nitrogens is 4. The van der Waals surface area contributed by atoms with E-state index in [4.69, 9.17) is 9.15 Å². The Hall–Kier alpha value is -3.46. The van der Waals surface area contributed by atoms with E-state index in [1.165, 1.54) is 6.33 Å². The molecule has 0 aliphatic heterocycles. The van der Waals surface area contributed by atoms with E-state index in [-0.39, 0.29) is 11.7 Å². The van der Waals surface area contributed by atoms with Gasteiger partial charge in [0.05, 0.1) is 5.69 Å². The van der Waals surface area contributed by atoms with Gasteiger partial charge < -0.3 is 14.5 Å². The molecule has 0 fully saturated rings. The van der Waals surface area contributed by atoms with E-state index in [9.17, 15) is 4.79 Å². The van der Waals surface area contributed by atoms with Crippen molar-refractivity contribution in [2.75, 3.05) is 5.32 Å². The molecule has 0 saturated carbocycles. The minimum absolute atomic E-state index is 0.217. The van der Waals surface area contributed by atoms with Gasteiger partial charge in [0.25, 0.3) is 5.91 Å². The predicted octanol–water partition coefficient (Wildman–Crippen LogP) is 4.68. The molecule has 146 valence electrons. The summed E-state index contributed by atoms with van der Waals surface area (Å²) in [6.07, 6.45) is 1.43. The minimum atomic E-state index is -0.338. The van der Waals surface area contributed by atoms with Crippen LogP contribution in [0.15, 0.2) is 63.9 Å². The van der Waals surface area contributed by atoms with Crippen LogP contribution in [0.4, 0.5) is 5.69 Å². The lowest BCUT2D eigenvalue weighted by molar-refractivity contribution is 0.0995. The summed E-state index contributed by atoms with van der Waals surface area (Å²) in [5, 5.41) is 7.17. The molecule has 0 aliphatic rings. The number of nitrogens with zero attached hydrogens (tertiary/aromatic N) is 4. The van der Waals surface area contributed by atoms with Crippen molar-refractivity contribution in [2.24, 2.45) is 0 Å². The molecule has 0 unspecified atom stereocenters. The number of furan rings is 1. The molecule has 1 amide bonds. The van der Waals surface area contributed by atoms with Gasteiger partial charge in [-0.15, -0.1) is 0 Å². The van der Waals surface area contributed by atoms with Crippen LogP contribution < -0.4 is 10.1 Å². The van der Waals surface area contributed by atoms with Crippen molar-refractivity contribution in [3.8, 4) is 17.4 Å². The second-order valence-corrected chi connectivity index (χ2v) is 7.02. The normalized spacial score (nSPS) is 10.7. The van der Waals surface area contributed by atoms with Crippen molar-refractivity contribution in [1.29, 1.82) is 0 Å². The SMILES string of the molecule is Cc1cc(C)n(-c2cc(Oc3ccc(NC(=O)c4ccc(Br)o4)cc3)ncn2)n1. The van der Waals surface area contributed by atoms with E-state index < -0.39 is 0 Å². The summed E-state index contributed by atoms with van der Waals surface area (Å²) in [5.41, 5.74) is 2.49. The zero-order valence-corrected chi connectivity index (χ0v) is 17.2. The van der Waals surface area contributed by atoms with Crippen LogP contribution in [0.5, 0.6) is 11.6 Å². The fourth-order valence-electron chi connectivity index (χ4n) is 2.72. The molecule has 3 heterocycles. The molecular formula is C20H16BrN5O3. The highest BCUT2D eigenvalue weighted by Crippen LogP contribution is 2.23. The highest BCUT2D eigenvalue weighted by Gasteiger charge is 2.11. The Morgan fingerprint density at radius 2 is 1.90 bits per heavy atom. The van der Waals surface area contributed by atoms with E-state index in [1.807, 2.05) is 19.9 Å². The monoisotopic (exact) mass is 453 g/mol. The van der Waals surface area contributed by atoms with Crippen LogP contribution in [0, 0.1) is 13.8 Å². The van der Waals surface area contributed by atoms with Crippen molar-refractivity contribution in [3.05, 3.63) is 76.7 Å². The molecule has 1 N–H and O–H groups in total. The Balaban J connectivity index is 1.46. The third-order valence-corrected chi connectivity index (χ3v) is 4.41. The van der Waals surface area contributed by atoms with E-state index in [0.29, 0.717) is 27.8 Å². The number of amides is 1. The smallest absolute Gasteiger partial charge is 0.291 e. The van der Waals surface area contributed by atoms with E-state index in [2.05, 4.69) is 36.3 Å². The minimum Gasteiger partial charge on any atom is -0.444 e. The summed E-state index contributed by atoms with van der Waals surface area (Å²) in [6, 6.07) is 13.9. The lowest BCUT2D eigenvalue weighted by Gasteiger charge is -2.08. The molecule has 1 aromatic carbocycles. The molecular weight excluding hydrogens is 438 g/mol. The molecule has 8 nitrogen and oxygen atoms in total. The van der Waals surface area contributed by atoms with Crippen LogP contribution in [-0.2, 0) is 0 Å². The standard InChI is InChI=1S/C20H16BrN5O3/c1-12-9-13(2)26(25-12)18-10-19(23-11-22-18)28-15-5-3-14(4-6-15)24-20(27)16-7-8-17(21)29-16/h3-11H,1-2H3,(H,24,27). The zero-order valence-electron chi connectivity index (χ0n) is 15.6. The molecule has 0 spiro atoms. The second kappa shape index (κ2) is 7.88. The first kappa shape index (κ1) is 18.9. The first-order valence-electron chi connectivity index (χ1n) is 8.68. The van der Waals surface area contributed by atoms with Gasteiger partial charge in [-0.2, -0.15) is 5.10 Å². The topological polar surface area (TPSA) is 95.1 Å². The zero-order chi connectivity index (χ0) is 20.4. The van der Waals surface area contributed by atoms with Gasteiger partial charge in [-0.3, -0.25) is 4.79 Å². The van der Waals surface area contributed by atoms with Crippen molar-refractivity contribution in [1.82, 2.24) is 19.7 Å². The van der Waals surface area contributed by atoms with Crippen LogP contribution in [0.3, 0.4) is 0 Å². The fourth-order valence-corrected chi connectivity index (χ4v) is 3.03. The second-order valence-electron chi connectivity index (χ2n) is 6.24. The average molecular weight is 454 g/mol. The van der Waals surface area contributed by atoms with Gasteiger partial charge >= 0.3 is 0 Å². The molecule has 9 heteroatoms. The molecule has 3 aromatic heterocycles. The maximum absolute atomic E-state index is 12.1. The number of halogens is 1. The third-order valence-electron chi connectivity index (χ3n) is 3.99. The van der Waals surface area contributed by atoms with Gasteiger partial charge in [0, 0.05) is 17.4 Å². The van der Waals surface area contributed by atoms with Gasteiger partial charge in [-0.05, 0) is 72.2 Å². The maximum Gasteiger partial charge on any atom is 0.291 e. The molecule has 0 saturated heterocycles. The highest BCUT2D eigenvalue weighted by molar-refractivity contribution is 9.10. The number of ether oxygens (including phenoxy) is 1. The van der Waals surface area contributed by atoms with Crippen molar-refractivity contribution < 1.29 is 13.9 Å². The number of hydrogen-bond acceptors (Lipinski definition) is 6. The lowest BCUT2D eigenvalue weighted by atomic mass is 10.3. The number of rotatable bonds is 5. The number of hydrogen-bond donors (Lipinski definition) is 1. The van der Waals surface area contributed by atoms with Crippen LogP contribution >= 0.6 is 15.9 Å². The van der Waals surface area contributed by atoms with Gasteiger partial charge in [0.2, 0.25) is 5.88 Å². The summed E-state index contributed by atoms with van der Waals surface area (Å²) in [4.78, 5) is 20.5. The van der Waals surface area contributed by atoms with Gasteiger partial charge in [0.1, 0.15) is 12.1 Å². The van der Waals surface area contributed by atoms with E-state index in [0.717, 1.165) is 11.4 Å². The number of aryl methyl sites for hydroxylation is 2. The number of benzene rings is 1. The van der Waals surface area contributed by atoms with Crippen molar-refractivity contribution >= 4 is 27.5 Å². The first-order chi connectivity index (χ1) is 14.0. The van der Waals surface area contributed by atoms with Crippen LogP contribution in [0.2, 0.25) is 0 Å². The Kier molecular flexibility index (Phi) is 5.13. The van der Waals surface area contributed by atoms with Crippen LogP contribution in [-0.4, -0.2) is 25.7 Å². The fraction of sp³-hybridized carbons (Fsp3) is 0.100. The third kappa shape index (κ3) is 4.35. The maximum atomic E-state index is 12.1. The first-order valence-corrected chi connectivity index (χ1v) is 9.47. The molecule has 4 rings (SSSR count). The summed E-state index contributed by atoms with van der Waals surface area (Å²) in [6.45, 7) is 3.88. The molecule has 0 atom stereocenters. The molecule has 4 aromatic rings. The molecule has 29 heavy (non-hydrogen) atoms. The van der Waals surface area contributed by atoms with Crippen molar-refractivity contribution in [3.63, 3.8) is 0 Å². The molecule has 0 aliphatic carbocycles. The lowest BCUT2D eigenvalue weighted by Crippen LogP contribution is -2.10. The summed E-state index contributed by atoms with van der Waals surface area (Å²) in [5.74, 6) is 1.46. The summed E-state index contributed by atoms with van der Waals surface area (Å²) < 4.78 is 13.3. The Bertz CT molecular complexity index is 1170. The van der Waals surface area contributed by atoms with Crippen LogP contribution in [0.1, 0.15) is 21.9 Å². The van der Waals surface area contributed by atoms with E-state index in [1.54, 1.807) is 47.1 Å². The average Bonchev–Trinajstić information content (AvgIpc) is 3.28. The van der Waals surface area contributed by atoms with Crippen LogP contribution in [0.25, 0.3) is 5.82 Å². The number of anilines is 1. The van der Waals surface area contributed by atoms with E-state index >= 15 is 0 Å². The quantitative estimate of drug-likeness (QED) is 0.471. The van der Waals surface area contributed by atoms with Gasteiger partial charge in [-0.25, -0.2) is 14.6 Å². The number of nitrogens with one attached hydrogen (secondary N) is 1. The number of carbonyl (C=O) groups is 1. The highest BCUT2D eigenvalue weighted by atomic mass is 79.9. The van der Waals surface area contributed by atoms with Crippen molar-refractivity contribution in [2.45, 2.75) is 13.8 Å². The Morgan fingerprint density at radius 1 is 1.10 bits per heavy atom. The molecule has 0 bridgehead atoms. The largest absolute Gasteiger partial charge is 0.444 e. The molecule has 0 radical (unpaired) electrons. The predicted molar refractivity (Wildman–Crippen MR) is 110 cm³/mol. The van der Waals surface area contributed by atoms with Gasteiger partial charge in [0.15, 0.2) is 16.2 Å². The number of carbonyl (C=O) groups excluding carboxylic acids is 1. The summed E-state index contributed by atoms with van der Waals surface area (Å²) >= 11 is 3.17. The Labute approximate surface area is 174 Å². The summed E-state index contributed by atoms with van der Waals surface area (Å²) in [7, 11) is 0. The van der Waals surface area contributed by atoms with Gasteiger partial charge in [-0.1, -0.05) is 0 Å². The Morgan fingerprint density at radius 3 is 2.55 bits per heavy atom.